The number of rotatable bonds is 5. The standard InChI is InChI=1S/C13H29N3/c1-5-13(4,10-14)11-15-6-8-16(9-7-15)12(2)3/h12H,5-11,14H2,1-4H3. The zero-order valence-electron chi connectivity index (χ0n) is 11.5. The van der Waals surface area contributed by atoms with Crippen molar-refractivity contribution in [2.75, 3.05) is 39.3 Å². The van der Waals surface area contributed by atoms with E-state index in [4.69, 9.17) is 5.73 Å². The lowest BCUT2D eigenvalue weighted by Crippen LogP contribution is -2.52. The Morgan fingerprint density at radius 3 is 2.12 bits per heavy atom. The molecule has 1 rings (SSSR count). The van der Waals surface area contributed by atoms with Gasteiger partial charge in [0.25, 0.3) is 0 Å². The van der Waals surface area contributed by atoms with Crippen LogP contribution in [0.1, 0.15) is 34.1 Å². The summed E-state index contributed by atoms with van der Waals surface area (Å²) < 4.78 is 0. The first-order valence-corrected chi connectivity index (χ1v) is 6.67. The van der Waals surface area contributed by atoms with Crippen LogP contribution in [-0.4, -0.2) is 55.1 Å². The summed E-state index contributed by atoms with van der Waals surface area (Å²) in [6, 6.07) is 0.689. The van der Waals surface area contributed by atoms with E-state index in [2.05, 4.69) is 37.5 Å². The first-order chi connectivity index (χ1) is 7.50. The summed E-state index contributed by atoms with van der Waals surface area (Å²) in [6.45, 7) is 15.9. The zero-order chi connectivity index (χ0) is 12.2. The highest BCUT2D eigenvalue weighted by atomic mass is 15.3. The Bertz CT molecular complexity index is 191. The van der Waals surface area contributed by atoms with Crippen molar-refractivity contribution in [3.05, 3.63) is 0 Å². The van der Waals surface area contributed by atoms with E-state index in [-0.39, 0.29) is 0 Å². The van der Waals surface area contributed by atoms with Gasteiger partial charge >= 0.3 is 0 Å². The van der Waals surface area contributed by atoms with Crippen molar-refractivity contribution in [3.8, 4) is 0 Å². The molecule has 0 radical (unpaired) electrons. The molecule has 96 valence electrons. The Labute approximate surface area is 101 Å². The number of piperazine rings is 1. The lowest BCUT2D eigenvalue weighted by Gasteiger charge is -2.41. The van der Waals surface area contributed by atoms with E-state index in [1.54, 1.807) is 0 Å². The third-order valence-corrected chi connectivity index (χ3v) is 4.09. The maximum atomic E-state index is 5.87. The van der Waals surface area contributed by atoms with Crippen LogP contribution in [0.4, 0.5) is 0 Å². The Morgan fingerprint density at radius 2 is 1.75 bits per heavy atom. The normalized spacial score (nSPS) is 23.6. The molecule has 0 aromatic rings. The fourth-order valence-electron chi connectivity index (χ4n) is 2.30. The molecule has 1 atom stereocenters. The average molecular weight is 227 g/mol. The summed E-state index contributed by atoms with van der Waals surface area (Å²) in [6.07, 6.45) is 1.17. The van der Waals surface area contributed by atoms with Crippen molar-refractivity contribution in [2.45, 2.75) is 40.2 Å². The van der Waals surface area contributed by atoms with Crippen LogP contribution in [0.3, 0.4) is 0 Å². The number of nitrogens with zero attached hydrogens (tertiary/aromatic N) is 2. The van der Waals surface area contributed by atoms with Crippen molar-refractivity contribution in [2.24, 2.45) is 11.1 Å². The second kappa shape index (κ2) is 5.99. The number of hydrogen-bond donors (Lipinski definition) is 1. The number of nitrogens with two attached hydrogens (primary N) is 1. The highest BCUT2D eigenvalue weighted by Gasteiger charge is 2.26. The van der Waals surface area contributed by atoms with Gasteiger partial charge in [-0.05, 0) is 32.2 Å². The van der Waals surface area contributed by atoms with Gasteiger partial charge in [0.1, 0.15) is 0 Å². The summed E-state index contributed by atoms with van der Waals surface area (Å²) in [5.41, 5.74) is 6.18. The van der Waals surface area contributed by atoms with Crippen molar-refractivity contribution in [1.82, 2.24) is 9.80 Å². The van der Waals surface area contributed by atoms with Crippen molar-refractivity contribution in [3.63, 3.8) is 0 Å². The minimum atomic E-state index is 0.306. The minimum absolute atomic E-state index is 0.306. The van der Waals surface area contributed by atoms with E-state index in [0.29, 0.717) is 11.5 Å². The molecule has 2 N–H and O–H groups in total. The zero-order valence-corrected chi connectivity index (χ0v) is 11.5. The number of hydrogen-bond acceptors (Lipinski definition) is 3. The van der Waals surface area contributed by atoms with Crippen LogP contribution in [0.2, 0.25) is 0 Å². The predicted molar refractivity (Wildman–Crippen MR) is 70.6 cm³/mol. The Kier molecular flexibility index (Phi) is 5.22. The fourth-order valence-corrected chi connectivity index (χ4v) is 2.30. The molecule has 1 aliphatic rings. The highest BCUT2D eigenvalue weighted by molar-refractivity contribution is 4.82. The van der Waals surface area contributed by atoms with Gasteiger partial charge in [0.2, 0.25) is 0 Å². The molecular weight excluding hydrogens is 198 g/mol. The molecule has 0 aromatic carbocycles. The molecule has 0 spiro atoms. The van der Waals surface area contributed by atoms with Gasteiger partial charge in [0.05, 0.1) is 0 Å². The highest BCUT2D eigenvalue weighted by Crippen LogP contribution is 2.21. The molecule has 0 bridgehead atoms. The summed E-state index contributed by atoms with van der Waals surface area (Å²) >= 11 is 0. The van der Waals surface area contributed by atoms with Crippen LogP contribution in [0, 0.1) is 5.41 Å². The Balaban J connectivity index is 2.37. The summed E-state index contributed by atoms with van der Waals surface area (Å²) in [4.78, 5) is 5.14. The van der Waals surface area contributed by atoms with E-state index in [9.17, 15) is 0 Å². The summed E-state index contributed by atoms with van der Waals surface area (Å²) in [5.74, 6) is 0. The molecule has 1 fully saturated rings. The van der Waals surface area contributed by atoms with E-state index >= 15 is 0 Å². The third-order valence-electron chi connectivity index (χ3n) is 4.09. The molecule has 3 nitrogen and oxygen atoms in total. The van der Waals surface area contributed by atoms with Crippen LogP contribution >= 0.6 is 0 Å². The van der Waals surface area contributed by atoms with Gasteiger partial charge in [-0.3, -0.25) is 4.90 Å². The van der Waals surface area contributed by atoms with Gasteiger partial charge in [0.15, 0.2) is 0 Å². The van der Waals surface area contributed by atoms with Crippen LogP contribution in [-0.2, 0) is 0 Å². The van der Waals surface area contributed by atoms with E-state index in [1.807, 2.05) is 0 Å². The monoisotopic (exact) mass is 227 g/mol. The van der Waals surface area contributed by atoms with Crippen molar-refractivity contribution < 1.29 is 0 Å². The SMILES string of the molecule is CCC(C)(CN)CN1CCN(C(C)C)CC1. The van der Waals surface area contributed by atoms with Crippen LogP contribution < -0.4 is 5.73 Å². The second-order valence-corrected chi connectivity index (χ2v) is 5.77. The van der Waals surface area contributed by atoms with Gasteiger partial charge in [-0.15, -0.1) is 0 Å². The molecule has 0 aliphatic carbocycles. The molecule has 1 saturated heterocycles. The minimum Gasteiger partial charge on any atom is -0.330 e. The maximum Gasteiger partial charge on any atom is 0.0113 e. The summed E-state index contributed by atoms with van der Waals surface area (Å²) in [7, 11) is 0. The fraction of sp³-hybridized carbons (Fsp3) is 1.00. The molecule has 3 heteroatoms. The maximum absolute atomic E-state index is 5.87. The quantitative estimate of drug-likeness (QED) is 0.770. The van der Waals surface area contributed by atoms with E-state index in [1.165, 1.54) is 32.6 Å². The van der Waals surface area contributed by atoms with Crippen molar-refractivity contribution in [1.29, 1.82) is 0 Å². The largest absolute Gasteiger partial charge is 0.330 e. The Hall–Kier alpha value is -0.120. The molecule has 0 saturated carbocycles. The third kappa shape index (κ3) is 3.72. The van der Waals surface area contributed by atoms with Gasteiger partial charge in [-0.25, -0.2) is 0 Å². The topological polar surface area (TPSA) is 32.5 Å². The van der Waals surface area contributed by atoms with Gasteiger partial charge in [0, 0.05) is 38.8 Å². The van der Waals surface area contributed by atoms with Gasteiger partial charge < -0.3 is 10.6 Å². The van der Waals surface area contributed by atoms with Crippen LogP contribution in [0.5, 0.6) is 0 Å². The predicted octanol–water partition coefficient (Wildman–Crippen LogP) is 1.39. The molecule has 1 heterocycles. The van der Waals surface area contributed by atoms with Crippen molar-refractivity contribution >= 4 is 0 Å². The lowest BCUT2D eigenvalue weighted by atomic mass is 9.87. The second-order valence-electron chi connectivity index (χ2n) is 5.77. The van der Waals surface area contributed by atoms with Gasteiger partial charge in [-0.1, -0.05) is 13.8 Å². The molecule has 0 amide bonds. The average Bonchev–Trinajstić information content (AvgIpc) is 2.29. The summed E-state index contributed by atoms with van der Waals surface area (Å²) in [5, 5.41) is 0. The molecule has 16 heavy (non-hydrogen) atoms. The first-order valence-electron chi connectivity index (χ1n) is 6.67. The first kappa shape index (κ1) is 13.9. The van der Waals surface area contributed by atoms with Crippen LogP contribution in [0.15, 0.2) is 0 Å². The molecule has 0 aromatic heterocycles. The lowest BCUT2D eigenvalue weighted by molar-refractivity contribution is 0.0764. The smallest absolute Gasteiger partial charge is 0.0113 e. The van der Waals surface area contributed by atoms with E-state index in [0.717, 1.165) is 13.1 Å². The Morgan fingerprint density at radius 1 is 1.19 bits per heavy atom. The van der Waals surface area contributed by atoms with E-state index < -0.39 is 0 Å². The van der Waals surface area contributed by atoms with Crippen LogP contribution in [0.25, 0.3) is 0 Å². The molecular formula is C13H29N3. The van der Waals surface area contributed by atoms with Gasteiger partial charge in [-0.2, -0.15) is 0 Å². The molecule has 1 unspecified atom stereocenters. The molecule has 1 aliphatic heterocycles.